The fraction of sp³-hybridized carbons (Fsp3) is 0.500. The van der Waals surface area contributed by atoms with Gasteiger partial charge in [0, 0.05) is 0 Å². The Morgan fingerprint density at radius 2 is 2.26 bits per heavy atom. The Labute approximate surface area is 109 Å². The van der Waals surface area contributed by atoms with Gasteiger partial charge in [0.05, 0.1) is 4.92 Å². The van der Waals surface area contributed by atoms with Crippen LogP contribution in [-0.4, -0.2) is 32.0 Å². The van der Waals surface area contributed by atoms with E-state index in [9.17, 15) is 14.9 Å². The van der Waals surface area contributed by atoms with Crippen LogP contribution in [0, 0.1) is 16.0 Å². The van der Waals surface area contributed by atoms with Crippen LogP contribution in [0.3, 0.4) is 0 Å². The topological polar surface area (TPSA) is 144 Å². The van der Waals surface area contributed by atoms with Crippen molar-refractivity contribution >= 4 is 23.4 Å². The third-order valence-corrected chi connectivity index (χ3v) is 2.30. The summed E-state index contributed by atoms with van der Waals surface area (Å²) in [7, 11) is 0. The summed E-state index contributed by atoms with van der Waals surface area (Å²) in [6.07, 6.45) is 1.31. The van der Waals surface area contributed by atoms with E-state index < -0.39 is 22.6 Å². The predicted molar refractivity (Wildman–Crippen MR) is 67.6 cm³/mol. The molecule has 0 bridgehead atoms. The predicted octanol–water partition coefficient (Wildman–Crippen LogP) is 0.878. The number of carbonyl (C=O) groups is 1. The maximum Gasteiger partial charge on any atom is 0.329 e. The lowest BCUT2D eigenvalue weighted by Gasteiger charge is -2.16. The van der Waals surface area contributed by atoms with E-state index in [0.717, 1.165) is 6.20 Å². The van der Waals surface area contributed by atoms with E-state index in [1.807, 2.05) is 13.8 Å². The van der Waals surface area contributed by atoms with E-state index in [-0.39, 0.29) is 17.7 Å². The summed E-state index contributed by atoms with van der Waals surface area (Å²) < 4.78 is 0. The number of nitrogen functional groups attached to an aromatic ring is 1. The lowest BCUT2D eigenvalue weighted by molar-refractivity contribution is -0.384. The van der Waals surface area contributed by atoms with Crippen molar-refractivity contribution in [2.45, 2.75) is 26.3 Å². The Bertz CT molecular complexity index is 491. The first kappa shape index (κ1) is 14.6. The molecule has 1 aromatic heterocycles. The first-order valence-corrected chi connectivity index (χ1v) is 5.57. The van der Waals surface area contributed by atoms with E-state index in [2.05, 4.69) is 15.3 Å². The zero-order valence-electron chi connectivity index (χ0n) is 10.5. The minimum atomic E-state index is -1.05. The van der Waals surface area contributed by atoms with Gasteiger partial charge < -0.3 is 16.2 Å². The van der Waals surface area contributed by atoms with Crippen LogP contribution in [0.15, 0.2) is 6.20 Å². The lowest BCUT2D eigenvalue weighted by Crippen LogP contribution is -2.31. The summed E-state index contributed by atoms with van der Waals surface area (Å²) in [4.78, 5) is 28.2. The van der Waals surface area contributed by atoms with Crippen LogP contribution >= 0.6 is 0 Å². The Morgan fingerprint density at radius 1 is 1.63 bits per heavy atom. The van der Waals surface area contributed by atoms with Crippen molar-refractivity contribution in [2.24, 2.45) is 5.92 Å². The van der Waals surface area contributed by atoms with Gasteiger partial charge >= 0.3 is 11.7 Å². The van der Waals surface area contributed by atoms with Crippen molar-refractivity contribution < 1.29 is 14.8 Å². The van der Waals surface area contributed by atoms with Crippen molar-refractivity contribution in [3.05, 3.63) is 16.3 Å². The molecule has 0 aliphatic rings. The number of nitrogens with one attached hydrogen (secondary N) is 1. The molecule has 0 amide bonds. The van der Waals surface area contributed by atoms with E-state index in [1.165, 1.54) is 0 Å². The van der Waals surface area contributed by atoms with Crippen molar-refractivity contribution in [3.8, 4) is 0 Å². The van der Waals surface area contributed by atoms with Gasteiger partial charge in [-0.1, -0.05) is 13.8 Å². The Morgan fingerprint density at radius 3 is 2.68 bits per heavy atom. The summed E-state index contributed by atoms with van der Waals surface area (Å²) in [5.41, 5.74) is 4.98. The largest absolute Gasteiger partial charge is 0.480 e. The highest BCUT2D eigenvalue weighted by atomic mass is 16.6. The van der Waals surface area contributed by atoms with Crippen LogP contribution in [-0.2, 0) is 4.79 Å². The van der Waals surface area contributed by atoms with Crippen LogP contribution in [0.25, 0.3) is 0 Å². The number of hydrogen-bond donors (Lipinski definition) is 3. The van der Waals surface area contributed by atoms with Crippen LogP contribution in [0.4, 0.5) is 17.5 Å². The summed E-state index contributed by atoms with van der Waals surface area (Å²) in [6, 6.07) is -0.874. The maximum absolute atomic E-state index is 11.0. The van der Waals surface area contributed by atoms with Crippen molar-refractivity contribution in [2.75, 3.05) is 11.1 Å². The molecule has 0 spiro atoms. The number of rotatable bonds is 6. The molecular formula is C10H15N5O4. The Kier molecular flexibility index (Phi) is 4.56. The van der Waals surface area contributed by atoms with E-state index in [4.69, 9.17) is 10.8 Å². The highest BCUT2D eigenvalue weighted by Gasteiger charge is 2.21. The number of nitrogens with zero attached hydrogens (tertiary/aromatic N) is 3. The average Bonchev–Trinajstić information content (AvgIpc) is 2.26. The van der Waals surface area contributed by atoms with E-state index in [0.29, 0.717) is 6.42 Å². The van der Waals surface area contributed by atoms with Crippen LogP contribution in [0.2, 0.25) is 0 Å². The first-order chi connectivity index (χ1) is 8.81. The number of aromatic nitrogens is 2. The number of anilines is 2. The molecule has 0 saturated heterocycles. The summed E-state index contributed by atoms with van der Waals surface area (Å²) >= 11 is 0. The molecule has 0 unspecified atom stereocenters. The molecule has 9 nitrogen and oxygen atoms in total. The second kappa shape index (κ2) is 5.94. The highest BCUT2D eigenvalue weighted by molar-refractivity contribution is 5.76. The molecule has 1 atom stereocenters. The zero-order chi connectivity index (χ0) is 14.6. The molecule has 1 heterocycles. The van der Waals surface area contributed by atoms with Gasteiger partial charge in [-0.25, -0.2) is 9.78 Å². The van der Waals surface area contributed by atoms with Gasteiger partial charge in [-0.2, -0.15) is 4.98 Å². The number of hydrogen-bond acceptors (Lipinski definition) is 7. The molecule has 0 aliphatic carbocycles. The van der Waals surface area contributed by atoms with Crippen LogP contribution in [0.1, 0.15) is 20.3 Å². The monoisotopic (exact) mass is 269 g/mol. The third-order valence-electron chi connectivity index (χ3n) is 2.30. The van der Waals surface area contributed by atoms with Gasteiger partial charge in [-0.05, 0) is 12.3 Å². The zero-order valence-corrected chi connectivity index (χ0v) is 10.5. The van der Waals surface area contributed by atoms with Gasteiger partial charge in [-0.15, -0.1) is 0 Å². The second-order valence-corrected chi connectivity index (χ2v) is 4.39. The van der Waals surface area contributed by atoms with Crippen molar-refractivity contribution in [1.29, 1.82) is 0 Å². The normalized spacial score (nSPS) is 12.2. The lowest BCUT2D eigenvalue weighted by atomic mass is 10.0. The molecule has 19 heavy (non-hydrogen) atoms. The molecule has 0 saturated carbocycles. The van der Waals surface area contributed by atoms with Crippen molar-refractivity contribution in [1.82, 2.24) is 9.97 Å². The summed E-state index contributed by atoms with van der Waals surface area (Å²) in [6.45, 7) is 3.76. The number of aliphatic carboxylic acids is 1. The molecular weight excluding hydrogens is 254 g/mol. The molecule has 9 heteroatoms. The minimum Gasteiger partial charge on any atom is -0.480 e. The number of nitro groups is 1. The molecule has 0 radical (unpaired) electrons. The standard InChI is InChI=1S/C10H15N5O4/c1-5(2)3-6(9(16)17)13-10-12-4-7(15(18)19)8(11)14-10/h4-6H,3H2,1-2H3,(H,16,17)(H3,11,12,13,14)/t6-/m1/s1. The summed E-state index contributed by atoms with van der Waals surface area (Å²) in [5, 5.41) is 22.2. The van der Waals surface area contributed by atoms with Gasteiger partial charge in [0.25, 0.3) is 0 Å². The van der Waals surface area contributed by atoms with Crippen molar-refractivity contribution in [3.63, 3.8) is 0 Å². The minimum absolute atomic E-state index is 0.0452. The van der Waals surface area contributed by atoms with Gasteiger partial charge in [0.15, 0.2) is 0 Å². The maximum atomic E-state index is 11.0. The molecule has 0 aliphatic heterocycles. The fourth-order valence-corrected chi connectivity index (χ4v) is 1.45. The average molecular weight is 269 g/mol. The quantitative estimate of drug-likeness (QED) is 0.509. The third kappa shape index (κ3) is 4.05. The van der Waals surface area contributed by atoms with Gasteiger partial charge in [0.1, 0.15) is 12.2 Å². The number of carboxylic acids is 1. The molecule has 104 valence electrons. The second-order valence-electron chi connectivity index (χ2n) is 4.39. The van der Waals surface area contributed by atoms with Gasteiger partial charge in [0.2, 0.25) is 11.8 Å². The van der Waals surface area contributed by atoms with E-state index in [1.54, 1.807) is 0 Å². The smallest absolute Gasteiger partial charge is 0.329 e. The fourth-order valence-electron chi connectivity index (χ4n) is 1.45. The Hall–Kier alpha value is -2.45. The SMILES string of the molecule is CC(C)C[C@@H](Nc1ncc([N+](=O)[O-])c(N)n1)C(=O)O. The molecule has 1 rings (SSSR count). The molecule has 4 N–H and O–H groups in total. The van der Waals surface area contributed by atoms with Crippen LogP contribution < -0.4 is 11.1 Å². The molecule has 0 aromatic carbocycles. The number of nitrogens with two attached hydrogens (primary N) is 1. The highest BCUT2D eigenvalue weighted by Crippen LogP contribution is 2.19. The number of carboxylic acid groups (broad SMARTS) is 1. The summed E-state index contributed by atoms with van der Waals surface area (Å²) in [5.74, 6) is -1.24. The van der Waals surface area contributed by atoms with E-state index >= 15 is 0 Å². The first-order valence-electron chi connectivity index (χ1n) is 5.57. The Balaban J connectivity index is 2.88. The van der Waals surface area contributed by atoms with Crippen LogP contribution in [0.5, 0.6) is 0 Å². The molecule has 0 fully saturated rings. The van der Waals surface area contributed by atoms with Gasteiger partial charge in [-0.3, -0.25) is 10.1 Å². The molecule has 1 aromatic rings.